The zero-order valence-electron chi connectivity index (χ0n) is 6.59. The largest absolute Gasteiger partial charge is 0.330 e. The molecule has 1 heterocycles. The highest BCUT2D eigenvalue weighted by Gasteiger charge is 2.11. The standard InChI is InChI=1S/C8H14N2/c1-6-3-7(2)10-5-8(6)4-9/h3,8H,4-5,9H2,1-2H3. The molecule has 0 aromatic carbocycles. The third-order valence-corrected chi connectivity index (χ3v) is 1.93. The molecule has 2 heteroatoms. The second-order valence-corrected chi connectivity index (χ2v) is 2.80. The van der Waals surface area contributed by atoms with E-state index in [9.17, 15) is 0 Å². The van der Waals surface area contributed by atoms with Crippen LogP contribution in [0.2, 0.25) is 0 Å². The van der Waals surface area contributed by atoms with Crippen molar-refractivity contribution in [2.45, 2.75) is 13.8 Å². The molecule has 0 saturated carbocycles. The van der Waals surface area contributed by atoms with Crippen LogP contribution in [0.25, 0.3) is 0 Å². The summed E-state index contributed by atoms with van der Waals surface area (Å²) in [4.78, 5) is 4.29. The fourth-order valence-electron chi connectivity index (χ4n) is 1.15. The number of hydrogen-bond donors (Lipinski definition) is 1. The molecular formula is C8H14N2. The Morgan fingerprint density at radius 2 is 2.40 bits per heavy atom. The minimum Gasteiger partial charge on any atom is -0.330 e. The molecule has 1 aliphatic heterocycles. The minimum atomic E-state index is 0.490. The summed E-state index contributed by atoms with van der Waals surface area (Å²) in [7, 11) is 0. The zero-order chi connectivity index (χ0) is 7.56. The second-order valence-electron chi connectivity index (χ2n) is 2.80. The van der Waals surface area contributed by atoms with E-state index in [0.29, 0.717) is 5.92 Å². The molecule has 1 atom stereocenters. The van der Waals surface area contributed by atoms with Gasteiger partial charge in [-0.1, -0.05) is 5.57 Å². The quantitative estimate of drug-likeness (QED) is 0.576. The molecule has 1 rings (SSSR count). The summed E-state index contributed by atoms with van der Waals surface area (Å²) in [6.45, 7) is 5.75. The van der Waals surface area contributed by atoms with E-state index in [1.807, 2.05) is 6.92 Å². The highest BCUT2D eigenvalue weighted by molar-refractivity contribution is 5.94. The number of nitrogens with two attached hydrogens (primary N) is 1. The lowest BCUT2D eigenvalue weighted by Crippen LogP contribution is -2.21. The van der Waals surface area contributed by atoms with Gasteiger partial charge in [-0.25, -0.2) is 0 Å². The van der Waals surface area contributed by atoms with Crippen molar-refractivity contribution in [3.63, 3.8) is 0 Å². The monoisotopic (exact) mass is 138 g/mol. The van der Waals surface area contributed by atoms with Crippen LogP contribution in [0.1, 0.15) is 13.8 Å². The number of rotatable bonds is 1. The van der Waals surface area contributed by atoms with Gasteiger partial charge >= 0.3 is 0 Å². The smallest absolute Gasteiger partial charge is 0.0470 e. The van der Waals surface area contributed by atoms with Crippen molar-refractivity contribution in [2.75, 3.05) is 13.1 Å². The minimum absolute atomic E-state index is 0.490. The molecular weight excluding hydrogens is 124 g/mol. The molecule has 0 spiro atoms. The maximum Gasteiger partial charge on any atom is 0.0470 e. The fourth-order valence-corrected chi connectivity index (χ4v) is 1.15. The SMILES string of the molecule is CC1=CC(C)=NCC1CN. The topological polar surface area (TPSA) is 38.4 Å². The van der Waals surface area contributed by atoms with Crippen LogP contribution < -0.4 is 5.73 Å². The summed E-state index contributed by atoms with van der Waals surface area (Å²) < 4.78 is 0. The summed E-state index contributed by atoms with van der Waals surface area (Å²) in [5.74, 6) is 0.490. The van der Waals surface area contributed by atoms with Crippen molar-refractivity contribution in [3.05, 3.63) is 11.6 Å². The molecule has 1 unspecified atom stereocenters. The Bertz CT molecular complexity index is 180. The van der Waals surface area contributed by atoms with E-state index < -0.39 is 0 Å². The highest BCUT2D eigenvalue weighted by Crippen LogP contribution is 2.13. The Hall–Kier alpha value is -0.630. The lowest BCUT2D eigenvalue weighted by Gasteiger charge is -2.17. The molecule has 0 fully saturated rings. The Kier molecular flexibility index (Phi) is 2.22. The van der Waals surface area contributed by atoms with Crippen molar-refractivity contribution in [1.82, 2.24) is 0 Å². The summed E-state index contributed by atoms with van der Waals surface area (Å²) in [6, 6.07) is 0. The van der Waals surface area contributed by atoms with Crippen LogP contribution >= 0.6 is 0 Å². The predicted octanol–water partition coefficient (Wildman–Crippen LogP) is 0.982. The van der Waals surface area contributed by atoms with Crippen molar-refractivity contribution in [2.24, 2.45) is 16.6 Å². The van der Waals surface area contributed by atoms with Crippen LogP contribution in [0.3, 0.4) is 0 Å². The summed E-state index contributed by atoms with van der Waals surface area (Å²) in [5.41, 5.74) is 8.03. The van der Waals surface area contributed by atoms with Gasteiger partial charge in [0.15, 0.2) is 0 Å². The molecule has 2 nitrogen and oxygen atoms in total. The maximum atomic E-state index is 5.53. The van der Waals surface area contributed by atoms with Gasteiger partial charge in [0.2, 0.25) is 0 Å². The van der Waals surface area contributed by atoms with Crippen LogP contribution in [-0.4, -0.2) is 18.8 Å². The van der Waals surface area contributed by atoms with Crippen LogP contribution in [0.5, 0.6) is 0 Å². The van der Waals surface area contributed by atoms with Gasteiger partial charge in [-0.2, -0.15) is 0 Å². The molecule has 0 amide bonds. The molecule has 0 radical (unpaired) electrons. The number of hydrogen-bond acceptors (Lipinski definition) is 2. The van der Waals surface area contributed by atoms with E-state index in [4.69, 9.17) is 5.73 Å². The van der Waals surface area contributed by atoms with Gasteiger partial charge in [-0.15, -0.1) is 0 Å². The average Bonchev–Trinajstić information content (AvgIpc) is 1.88. The van der Waals surface area contributed by atoms with E-state index in [1.165, 1.54) is 5.57 Å². The lowest BCUT2D eigenvalue weighted by molar-refractivity contribution is 0.631. The summed E-state index contributed by atoms with van der Waals surface area (Å²) >= 11 is 0. The zero-order valence-corrected chi connectivity index (χ0v) is 6.59. The van der Waals surface area contributed by atoms with Crippen LogP contribution in [0, 0.1) is 5.92 Å². The van der Waals surface area contributed by atoms with Gasteiger partial charge in [0, 0.05) is 24.7 Å². The normalized spacial score (nSPS) is 25.7. The molecule has 0 bridgehead atoms. The van der Waals surface area contributed by atoms with E-state index in [1.54, 1.807) is 0 Å². The second kappa shape index (κ2) is 2.97. The molecule has 1 aliphatic rings. The number of dihydropyridines is 1. The number of aliphatic imine (C=N–C) groups is 1. The molecule has 10 heavy (non-hydrogen) atoms. The van der Waals surface area contributed by atoms with E-state index >= 15 is 0 Å². The number of allylic oxidation sites excluding steroid dienone is 1. The predicted molar refractivity (Wildman–Crippen MR) is 44.3 cm³/mol. The first-order chi connectivity index (χ1) is 4.74. The van der Waals surface area contributed by atoms with Crippen molar-refractivity contribution in [3.8, 4) is 0 Å². The first-order valence-corrected chi connectivity index (χ1v) is 3.63. The van der Waals surface area contributed by atoms with E-state index in [2.05, 4.69) is 18.0 Å². The number of nitrogens with zero attached hydrogens (tertiary/aromatic N) is 1. The van der Waals surface area contributed by atoms with Gasteiger partial charge in [0.1, 0.15) is 0 Å². The van der Waals surface area contributed by atoms with Crippen molar-refractivity contribution >= 4 is 5.71 Å². The third-order valence-electron chi connectivity index (χ3n) is 1.93. The first-order valence-electron chi connectivity index (χ1n) is 3.63. The van der Waals surface area contributed by atoms with Gasteiger partial charge in [-0.05, 0) is 19.9 Å². The van der Waals surface area contributed by atoms with Crippen LogP contribution in [0.4, 0.5) is 0 Å². The molecule has 0 aromatic heterocycles. The maximum absolute atomic E-state index is 5.53. The molecule has 0 saturated heterocycles. The fraction of sp³-hybridized carbons (Fsp3) is 0.625. The van der Waals surface area contributed by atoms with Crippen molar-refractivity contribution < 1.29 is 0 Å². The highest BCUT2D eigenvalue weighted by atomic mass is 14.8. The van der Waals surface area contributed by atoms with Crippen LogP contribution in [0.15, 0.2) is 16.6 Å². The van der Waals surface area contributed by atoms with Gasteiger partial charge < -0.3 is 5.73 Å². The first kappa shape index (κ1) is 7.48. The van der Waals surface area contributed by atoms with E-state index in [-0.39, 0.29) is 0 Å². The summed E-state index contributed by atoms with van der Waals surface area (Å²) in [6.07, 6.45) is 2.11. The molecule has 0 aliphatic carbocycles. The van der Waals surface area contributed by atoms with E-state index in [0.717, 1.165) is 18.8 Å². The Morgan fingerprint density at radius 1 is 1.70 bits per heavy atom. The Labute approximate surface area is 61.8 Å². The average molecular weight is 138 g/mol. The van der Waals surface area contributed by atoms with Gasteiger partial charge in [0.25, 0.3) is 0 Å². The Balaban J connectivity index is 2.68. The lowest BCUT2D eigenvalue weighted by atomic mass is 9.97. The van der Waals surface area contributed by atoms with Gasteiger partial charge in [-0.3, -0.25) is 4.99 Å². The molecule has 2 N–H and O–H groups in total. The Morgan fingerprint density at radius 3 is 2.90 bits per heavy atom. The third kappa shape index (κ3) is 1.45. The summed E-state index contributed by atoms with van der Waals surface area (Å²) in [5, 5.41) is 0. The van der Waals surface area contributed by atoms with Gasteiger partial charge in [0.05, 0.1) is 0 Å². The van der Waals surface area contributed by atoms with Crippen molar-refractivity contribution in [1.29, 1.82) is 0 Å². The molecule has 0 aromatic rings. The van der Waals surface area contributed by atoms with Crippen LogP contribution in [-0.2, 0) is 0 Å². The molecule has 56 valence electrons.